The summed E-state index contributed by atoms with van der Waals surface area (Å²) in [5, 5.41) is 3.19. The predicted octanol–water partition coefficient (Wildman–Crippen LogP) is 1.51. The molecule has 0 amide bonds. The largest absolute Gasteiger partial charge is 0.492 e. The van der Waals surface area contributed by atoms with Crippen LogP contribution < -0.4 is 14.8 Å². The Balaban J connectivity index is 1.36. The second-order valence-electron chi connectivity index (χ2n) is 6.90. The third-order valence-corrected chi connectivity index (χ3v) is 4.86. The van der Waals surface area contributed by atoms with Crippen LogP contribution >= 0.6 is 0 Å². The van der Waals surface area contributed by atoms with Crippen molar-refractivity contribution in [1.82, 2.24) is 20.2 Å². The van der Waals surface area contributed by atoms with Gasteiger partial charge in [-0.15, -0.1) is 0 Å². The fourth-order valence-electron chi connectivity index (χ4n) is 3.12. The van der Waals surface area contributed by atoms with Gasteiger partial charge in [0.2, 0.25) is 5.88 Å². The molecule has 0 aliphatic carbocycles. The maximum atomic E-state index is 5.97. The number of hydrogen-bond donors (Lipinski definition) is 1. The average molecular weight is 370 g/mol. The number of rotatable bonds is 7. The molecule has 2 aromatic rings. The predicted molar refractivity (Wildman–Crippen MR) is 102 cm³/mol. The summed E-state index contributed by atoms with van der Waals surface area (Å²) < 4.78 is 17.2. The Morgan fingerprint density at radius 2 is 2.07 bits per heavy atom. The molecule has 1 N–H and O–H groups in total. The third kappa shape index (κ3) is 4.74. The molecule has 144 valence electrons. The van der Waals surface area contributed by atoms with Gasteiger partial charge in [0.15, 0.2) is 5.82 Å². The van der Waals surface area contributed by atoms with Gasteiger partial charge in [-0.2, -0.15) is 4.98 Å². The third-order valence-electron chi connectivity index (χ3n) is 4.86. The van der Waals surface area contributed by atoms with E-state index in [0.29, 0.717) is 18.3 Å². The molecule has 2 aliphatic heterocycles. The molecule has 1 aromatic carbocycles. The normalized spacial score (nSPS) is 18.1. The molecule has 0 bridgehead atoms. The van der Waals surface area contributed by atoms with Gasteiger partial charge in [0, 0.05) is 50.6 Å². The van der Waals surface area contributed by atoms with Gasteiger partial charge in [-0.3, -0.25) is 4.90 Å². The molecule has 2 saturated heterocycles. The first-order chi connectivity index (χ1) is 13.3. The lowest BCUT2D eigenvalue weighted by Gasteiger charge is -2.27. The monoisotopic (exact) mass is 370 g/mol. The molecule has 3 heterocycles. The number of nitrogens with one attached hydrogen (secondary N) is 1. The summed E-state index contributed by atoms with van der Waals surface area (Å²) >= 11 is 0. The minimum atomic E-state index is 0.205. The Hall–Kier alpha value is -2.22. The molecule has 0 spiro atoms. The van der Waals surface area contributed by atoms with Crippen molar-refractivity contribution in [2.75, 3.05) is 52.5 Å². The summed E-state index contributed by atoms with van der Waals surface area (Å²) in [6.45, 7) is 8.97. The fraction of sp³-hybridized carbons (Fsp3) is 0.500. The van der Waals surface area contributed by atoms with E-state index in [1.165, 1.54) is 0 Å². The van der Waals surface area contributed by atoms with Crippen LogP contribution in [0.1, 0.15) is 5.56 Å². The minimum Gasteiger partial charge on any atom is -0.492 e. The van der Waals surface area contributed by atoms with Gasteiger partial charge in [0.05, 0.1) is 13.2 Å². The van der Waals surface area contributed by atoms with Gasteiger partial charge in [-0.25, -0.2) is 4.98 Å². The van der Waals surface area contributed by atoms with E-state index in [9.17, 15) is 0 Å². The summed E-state index contributed by atoms with van der Waals surface area (Å²) in [6.07, 6.45) is 1.95. The number of benzene rings is 1. The lowest BCUT2D eigenvalue weighted by molar-refractivity contribution is 0.0322. The lowest BCUT2D eigenvalue weighted by Crippen LogP contribution is -2.50. The van der Waals surface area contributed by atoms with E-state index in [1.54, 1.807) is 12.3 Å². The molecule has 1 aromatic heterocycles. The second kappa shape index (κ2) is 8.65. The molecular weight excluding hydrogens is 344 g/mol. The lowest BCUT2D eigenvalue weighted by atomic mass is 10.1. The van der Waals surface area contributed by atoms with Crippen molar-refractivity contribution in [3.8, 4) is 23.0 Å². The van der Waals surface area contributed by atoms with Crippen LogP contribution in [-0.4, -0.2) is 73.5 Å². The molecule has 0 saturated carbocycles. The van der Waals surface area contributed by atoms with Crippen molar-refractivity contribution in [3.05, 3.63) is 36.0 Å². The van der Waals surface area contributed by atoms with E-state index >= 15 is 0 Å². The first-order valence-electron chi connectivity index (χ1n) is 9.52. The summed E-state index contributed by atoms with van der Waals surface area (Å²) in [5.74, 6) is 2.19. The SMILES string of the molecule is Cc1cc(-c2nccc(OC3CNC3)n2)ccc1OCCN1CCOCC1. The standard InChI is InChI=1S/C20H26N4O3/c1-15-12-16(20-22-5-4-19(23-20)27-17-13-21-14-17)2-3-18(15)26-11-8-24-6-9-25-10-7-24/h2-5,12,17,21H,6-11,13-14H2,1H3. The van der Waals surface area contributed by atoms with Crippen LogP contribution in [0.15, 0.2) is 30.5 Å². The van der Waals surface area contributed by atoms with Crippen molar-refractivity contribution in [2.24, 2.45) is 0 Å². The zero-order chi connectivity index (χ0) is 18.5. The van der Waals surface area contributed by atoms with E-state index in [2.05, 4.69) is 26.3 Å². The van der Waals surface area contributed by atoms with Crippen molar-refractivity contribution < 1.29 is 14.2 Å². The maximum absolute atomic E-state index is 5.97. The summed E-state index contributed by atoms with van der Waals surface area (Å²) in [6, 6.07) is 7.86. The highest BCUT2D eigenvalue weighted by Crippen LogP contribution is 2.25. The second-order valence-corrected chi connectivity index (χ2v) is 6.90. The first-order valence-corrected chi connectivity index (χ1v) is 9.52. The highest BCUT2D eigenvalue weighted by Gasteiger charge is 2.19. The van der Waals surface area contributed by atoms with Crippen molar-refractivity contribution in [1.29, 1.82) is 0 Å². The Bertz CT molecular complexity index is 761. The zero-order valence-electron chi connectivity index (χ0n) is 15.7. The Morgan fingerprint density at radius 3 is 2.81 bits per heavy atom. The molecule has 27 heavy (non-hydrogen) atoms. The van der Waals surface area contributed by atoms with Crippen LogP contribution in [0.5, 0.6) is 11.6 Å². The van der Waals surface area contributed by atoms with Crippen LogP contribution in [0, 0.1) is 6.92 Å². The highest BCUT2D eigenvalue weighted by molar-refractivity contribution is 5.58. The number of nitrogens with zero attached hydrogens (tertiary/aromatic N) is 3. The first kappa shape index (κ1) is 18.2. The molecule has 7 heteroatoms. The number of ether oxygens (including phenoxy) is 3. The van der Waals surface area contributed by atoms with Crippen molar-refractivity contribution >= 4 is 0 Å². The van der Waals surface area contributed by atoms with E-state index in [1.807, 2.05) is 19.1 Å². The topological polar surface area (TPSA) is 68.7 Å². The van der Waals surface area contributed by atoms with Crippen LogP contribution in [-0.2, 0) is 4.74 Å². The van der Waals surface area contributed by atoms with Gasteiger partial charge in [-0.05, 0) is 30.7 Å². The summed E-state index contributed by atoms with van der Waals surface area (Å²) in [4.78, 5) is 11.3. The quantitative estimate of drug-likeness (QED) is 0.792. The van der Waals surface area contributed by atoms with Gasteiger partial charge in [-0.1, -0.05) is 0 Å². The molecule has 4 rings (SSSR count). The smallest absolute Gasteiger partial charge is 0.217 e. The molecule has 0 unspecified atom stereocenters. The molecular formula is C20H26N4O3. The Morgan fingerprint density at radius 1 is 1.22 bits per heavy atom. The average Bonchev–Trinajstić information content (AvgIpc) is 2.67. The number of aryl methyl sites for hydroxylation is 1. The van der Waals surface area contributed by atoms with Crippen LogP contribution in [0.2, 0.25) is 0 Å². The zero-order valence-corrected chi connectivity index (χ0v) is 15.7. The Kier molecular flexibility index (Phi) is 5.81. The summed E-state index contributed by atoms with van der Waals surface area (Å²) in [5.41, 5.74) is 2.04. The van der Waals surface area contributed by atoms with Crippen LogP contribution in [0.3, 0.4) is 0 Å². The minimum absolute atomic E-state index is 0.205. The number of morpholine rings is 1. The van der Waals surface area contributed by atoms with E-state index in [0.717, 1.165) is 62.8 Å². The van der Waals surface area contributed by atoms with Crippen LogP contribution in [0.4, 0.5) is 0 Å². The fourth-order valence-corrected chi connectivity index (χ4v) is 3.12. The Labute approximate surface area is 159 Å². The molecule has 0 atom stereocenters. The van der Waals surface area contributed by atoms with Crippen molar-refractivity contribution in [2.45, 2.75) is 13.0 Å². The molecule has 2 aliphatic rings. The van der Waals surface area contributed by atoms with Gasteiger partial charge in [0.1, 0.15) is 18.5 Å². The van der Waals surface area contributed by atoms with Gasteiger partial charge >= 0.3 is 0 Å². The van der Waals surface area contributed by atoms with Gasteiger partial charge < -0.3 is 19.5 Å². The summed E-state index contributed by atoms with van der Waals surface area (Å²) in [7, 11) is 0. The van der Waals surface area contributed by atoms with Gasteiger partial charge in [0.25, 0.3) is 0 Å². The number of hydrogen-bond acceptors (Lipinski definition) is 7. The van der Waals surface area contributed by atoms with E-state index in [4.69, 9.17) is 14.2 Å². The van der Waals surface area contributed by atoms with E-state index < -0.39 is 0 Å². The van der Waals surface area contributed by atoms with Crippen molar-refractivity contribution in [3.63, 3.8) is 0 Å². The molecule has 0 radical (unpaired) electrons. The molecule has 2 fully saturated rings. The number of aromatic nitrogens is 2. The maximum Gasteiger partial charge on any atom is 0.217 e. The van der Waals surface area contributed by atoms with Crippen LogP contribution in [0.25, 0.3) is 11.4 Å². The highest BCUT2D eigenvalue weighted by atomic mass is 16.5. The van der Waals surface area contributed by atoms with E-state index in [-0.39, 0.29) is 6.10 Å². The molecule has 7 nitrogen and oxygen atoms in total.